The molecule has 184 valence electrons. The molecule has 0 aliphatic carbocycles. The van der Waals surface area contributed by atoms with Gasteiger partial charge >= 0.3 is 0 Å². The normalized spacial score (nSPS) is 12.0. The highest BCUT2D eigenvalue weighted by atomic mass is 15.2. The van der Waals surface area contributed by atoms with Crippen LogP contribution in [0.3, 0.4) is 0 Å². The van der Waals surface area contributed by atoms with Crippen LogP contribution in [-0.4, -0.2) is 15.2 Å². The molecule has 9 rings (SSSR count). The Morgan fingerprint density at radius 3 is 1.15 bits per heavy atom. The summed E-state index contributed by atoms with van der Waals surface area (Å²) in [5.74, 6) is 0.635. The van der Waals surface area contributed by atoms with Gasteiger partial charge in [0.15, 0.2) is 5.82 Å². The van der Waals surface area contributed by atoms with E-state index in [-0.39, 0.29) is 0 Å². The molecular formula is C37H21N3. The first kappa shape index (κ1) is 21.5. The quantitative estimate of drug-likeness (QED) is 0.208. The van der Waals surface area contributed by atoms with Crippen molar-refractivity contribution in [1.29, 1.82) is 0 Å². The second kappa shape index (κ2) is 8.05. The first-order valence-corrected chi connectivity index (χ1v) is 13.6. The molecule has 0 bridgehead atoms. The molecule has 0 unspecified atom stereocenters. The van der Waals surface area contributed by atoms with E-state index in [1.807, 2.05) is 30.3 Å². The maximum absolute atomic E-state index is 5.29. The van der Waals surface area contributed by atoms with Crippen molar-refractivity contribution >= 4 is 75.7 Å². The number of fused-ring (bicyclic) bond motifs is 16. The molecule has 0 N–H and O–H groups in total. The molecule has 0 amide bonds. The molecule has 1 aromatic heterocycles. The minimum Gasteiger partial charge on any atom is -0.224 e. The predicted molar refractivity (Wildman–Crippen MR) is 168 cm³/mol. The monoisotopic (exact) mass is 507 g/mol. The highest BCUT2D eigenvalue weighted by Crippen LogP contribution is 2.47. The number of hydrogen-bond acceptors (Lipinski definition) is 3. The number of aromatic nitrogens is 3. The zero-order valence-electron chi connectivity index (χ0n) is 21.5. The van der Waals surface area contributed by atoms with Crippen LogP contribution in [0.25, 0.3) is 87.1 Å². The Morgan fingerprint density at radius 2 is 0.675 bits per heavy atom. The van der Waals surface area contributed by atoms with E-state index in [1.54, 1.807) is 0 Å². The summed E-state index contributed by atoms with van der Waals surface area (Å²) in [4.78, 5) is 5.29. The van der Waals surface area contributed by atoms with Crippen molar-refractivity contribution in [1.82, 2.24) is 15.2 Å². The SMILES string of the molecule is c1ccc(-c2nnc3c(n2)c2c4ccccc4c4ccccc4c2c2c4ccccc4c4ccccc4c32)cc1. The minimum atomic E-state index is 0.635. The van der Waals surface area contributed by atoms with Gasteiger partial charge < -0.3 is 0 Å². The second-order valence-electron chi connectivity index (χ2n) is 10.4. The molecule has 0 atom stereocenters. The van der Waals surface area contributed by atoms with E-state index >= 15 is 0 Å². The van der Waals surface area contributed by atoms with Gasteiger partial charge in [-0.05, 0) is 43.1 Å². The minimum absolute atomic E-state index is 0.635. The van der Waals surface area contributed by atoms with Crippen molar-refractivity contribution in [2.45, 2.75) is 0 Å². The molecule has 0 radical (unpaired) electrons. The van der Waals surface area contributed by atoms with Gasteiger partial charge in [0.1, 0.15) is 11.0 Å². The Bertz CT molecular complexity index is 2480. The molecule has 3 nitrogen and oxygen atoms in total. The lowest BCUT2D eigenvalue weighted by Gasteiger charge is -2.18. The third-order valence-electron chi connectivity index (χ3n) is 8.31. The Labute approximate surface area is 229 Å². The molecule has 40 heavy (non-hydrogen) atoms. The molecule has 0 spiro atoms. The van der Waals surface area contributed by atoms with E-state index in [1.165, 1.54) is 53.9 Å². The standard InChI is InChI=1S/C37H21N3/c1-2-12-22(13-3-1)37-38-35-33-29-20-10-6-16-25(29)23-14-4-8-18-27(23)31(33)32-28-19-9-5-15-24(28)26-17-7-11-21-30(26)34(32)36(35)39-40-37/h1-21H. The van der Waals surface area contributed by atoms with Gasteiger partial charge in [-0.1, -0.05) is 127 Å². The summed E-state index contributed by atoms with van der Waals surface area (Å²) in [5.41, 5.74) is 2.68. The third kappa shape index (κ3) is 2.81. The second-order valence-corrected chi connectivity index (χ2v) is 10.4. The van der Waals surface area contributed by atoms with Crippen LogP contribution >= 0.6 is 0 Å². The van der Waals surface area contributed by atoms with Crippen LogP contribution in [0.5, 0.6) is 0 Å². The molecule has 8 aromatic carbocycles. The van der Waals surface area contributed by atoms with Gasteiger partial charge in [-0.3, -0.25) is 0 Å². The van der Waals surface area contributed by atoms with Crippen molar-refractivity contribution in [3.63, 3.8) is 0 Å². The Morgan fingerprint density at radius 1 is 0.300 bits per heavy atom. The first-order chi connectivity index (χ1) is 19.9. The van der Waals surface area contributed by atoms with Gasteiger partial charge in [-0.2, -0.15) is 0 Å². The Balaban J connectivity index is 1.69. The van der Waals surface area contributed by atoms with Crippen LogP contribution in [0.1, 0.15) is 0 Å². The van der Waals surface area contributed by atoms with Crippen molar-refractivity contribution < 1.29 is 0 Å². The van der Waals surface area contributed by atoms with Crippen molar-refractivity contribution in [2.24, 2.45) is 0 Å². The van der Waals surface area contributed by atoms with E-state index in [9.17, 15) is 0 Å². The number of benzene rings is 8. The lowest BCUT2D eigenvalue weighted by Crippen LogP contribution is -1.98. The summed E-state index contributed by atoms with van der Waals surface area (Å²) in [6.07, 6.45) is 0. The molecule has 0 saturated heterocycles. The van der Waals surface area contributed by atoms with Gasteiger partial charge in [0.2, 0.25) is 0 Å². The van der Waals surface area contributed by atoms with Crippen LogP contribution in [0.4, 0.5) is 0 Å². The number of hydrogen-bond donors (Lipinski definition) is 0. The maximum Gasteiger partial charge on any atom is 0.182 e. The lowest BCUT2D eigenvalue weighted by molar-refractivity contribution is 1.04. The van der Waals surface area contributed by atoms with Crippen molar-refractivity contribution in [3.8, 4) is 11.4 Å². The van der Waals surface area contributed by atoms with Crippen LogP contribution in [0.15, 0.2) is 127 Å². The summed E-state index contributed by atoms with van der Waals surface area (Å²) in [6, 6.07) is 45.0. The maximum atomic E-state index is 5.29. The topological polar surface area (TPSA) is 38.7 Å². The van der Waals surface area contributed by atoms with Gasteiger partial charge in [0.25, 0.3) is 0 Å². The van der Waals surface area contributed by atoms with Crippen LogP contribution in [0, 0.1) is 0 Å². The summed E-state index contributed by atoms with van der Waals surface area (Å²) in [6.45, 7) is 0. The van der Waals surface area contributed by atoms with Gasteiger partial charge in [0.05, 0.1) is 0 Å². The van der Waals surface area contributed by atoms with E-state index in [0.717, 1.165) is 27.4 Å². The average Bonchev–Trinajstić information content (AvgIpc) is 3.04. The highest BCUT2D eigenvalue weighted by Gasteiger charge is 2.22. The highest BCUT2D eigenvalue weighted by molar-refractivity contribution is 6.45. The molecule has 0 aliphatic rings. The summed E-state index contributed by atoms with van der Waals surface area (Å²) < 4.78 is 0. The Hall–Kier alpha value is -5.41. The molecule has 3 heteroatoms. The molecular weight excluding hydrogens is 486 g/mol. The van der Waals surface area contributed by atoms with E-state index < -0.39 is 0 Å². The fourth-order valence-electron chi connectivity index (χ4n) is 6.67. The van der Waals surface area contributed by atoms with Crippen molar-refractivity contribution in [3.05, 3.63) is 127 Å². The lowest BCUT2D eigenvalue weighted by atomic mass is 9.86. The van der Waals surface area contributed by atoms with Gasteiger partial charge in [-0.25, -0.2) is 4.98 Å². The van der Waals surface area contributed by atoms with Crippen LogP contribution in [-0.2, 0) is 0 Å². The van der Waals surface area contributed by atoms with E-state index in [0.29, 0.717) is 5.82 Å². The zero-order chi connectivity index (χ0) is 26.2. The summed E-state index contributed by atoms with van der Waals surface area (Å²) in [5, 5.41) is 24.1. The summed E-state index contributed by atoms with van der Waals surface area (Å²) >= 11 is 0. The molecule has 1 heterocycles. The fraction of sp³-hybridized carbons (Fsp3) is 0. The molecule has 0 aliphatic heterocycles. The molecule has 0 fully saturated rings. The number of nitrogens with zero attached hydrogens (tertiary/aromatic N) is 3. The molecule has 9 aromatic rings. The van der Waals surface area contributed by atoms with E-state index in [2.05, 4.69) is 97.1 Å². The van der Waals surface area contributed by atoms with E-state index in [4.69, 9.17) is 15.2 Å². The van der Waals surface area contributed by atoms with Crippen molar-refractivity contribution in [2.75, 3.05) is 0 Å². The number of rotatable bonds is 1. The first-order valence-electron chi connectivity index (χ1n) is 13.6. The largest absolute Gasteiger partial charge is 0.224 e. The predicted octanol–water partition coefficient (Wildman–Crippen LogP) is 9.61. The Kier molecular flexibility index (Phi) is 4.33. The zero-order valence-corrected chi connectivity index (χ0v) is 21.5. The van der Waals surface area contributed by atoms with Gasteiger partial charge in [0, 0.05) is 27.1 Å². The average molecular weight is 508 g/mol. The third-order valence-corrected chi connectivity index (χ3v) is 8.31. The smallest absolute Gasteiger partial charge is 0.182 e. The van der Waals surface area contributed by atoms with Crippen LogP contribution < -0.4 is 0 Å². The van der Waals surface area contributed by atoms with Crippen LogP contribution in [0.2, 0.25) is 0 Å². The molecule has 0 saturated carbocycles. The fourth-order valence-corrected chi connectivity index (χ4v) is 6.67. The van der Waals surface area contributed by atoms with Gasteiger partial charge in [-0.15, -0.1) is 10.2 Å². The summed E-state index contributed by atoms with van der Waals surface area (Å²) in [7, 11) is 0.